The molecule has 1 aliphatic heterocycles. The number of hydrogen-bond donors (Lipinski definition) is 0. The van der Waals surface area contributed by atoms with Gasteiger partial charge in [0.25, 0.3) is 5.91 Å². The number of benzene rings is 2. The number of fused-ring (bicyclic) bond motifs is 1. The maximum absolute atomic E-state index is 13.5. The number of para-hydroxylation sites is 2. The molecule has 0 spiro atoms. The number of carbonyl (C=O) groups is 1. The molecule has 1 unspecified atom stereocenters. The van der Waals surface area contributed by atoms with Gasteiger partial charge in [-0.15, -0.1) is 0 Å². The lowest BCUT2D eigenvalue weighted by atomic mass is 9.99. The first-order chi connectivity index (χ1) is 18.5. The average Bonchev–Trinajstić information content (AvgIpc) is 3.63. The van der Waals surface area contributed by atoms with Crippen LogP contribution in [0, 0.1) is 5.92 Å². The molecule has 0 N–H and O–H groups in total. The molecule has 196 valence electrons. The number of carbonyl (C=O) groups excluding carboxylic acids is 1. The molecule has 6 nitrogen and oxygen atoms in total. The number of unbranched alkanes of at least 4 members (excludes halogenated alkanes) is 1. The van der Waals surface area contributed by atoms with E-state index in [1.807, 2.05) is 71.6 Å². The third-order valence-electron chi connectivity index (χ3n) is 6.87. The van der Waals surface area contributed by atoms with Crippen LogP contribution >= 0.6 is 24.0 Å². The van der Waals surface area contributed by atoms with Crippen LogP contribution in [0.2, 0.25) is 0 Å². The van der Waals surface area contributed by atoms with E-state index in [4.69, 9.17) is 26.5 Å². The van der Waals surface area contributed by atoms with Gasteiger partial charge in [0, 0.05) is 23.7 Å². The molecular weight excluding hydrogens is 514 g/mol. The standard InChI is InChI=1S/C30H31N3O3S2/c1-4-6-11-20(5-2)18-32-29(34)26(38-30(32)37)17-22-19-33(23-13-8-7-9-14-23)31-27(22)25-16-21-12-10-15-24(35-3)28(21)36-25/h7-10,12-17,19-20H,4-6,11,18H2,1-3H3/b26-17-. The molecule has 1 amide bonds. The summed E-state index contributed by atoms with van der Waals surface area (Å²) >= 11 is 7.00. The van der Waals surface area contributed by atoms with E-state index in [9.17, 15) is 4.79 Å². The van der Waals surface area contributed by atoms with Gasteiger partial charge in [-0.2, -0.15) is 5.10 Å². The Bertz CT molecular complexity index is 1490. The number of hydrogen-bond acceptors (Lipinski definition) is 6. The van der Waals surface area contributed by atoms with Crippen LogP contribution in [-0.4, -0.2) is 38.6 Å². The van der Waals surface area contributed by atoms with Gasteiger partial charge < -0.3 is 9.15 Å². The van der Waals surface area contributed by atoms with Crippen LogP contribution in [0.3, 0.4) is 0 Å². The van der Waals surface area contributed by atoms with E-state index in [0.717, 1.165) is 42.3 Å². The number of nitrogens with zero attached hydrogens (tertiary/aromatic N) is 3. The summed E-state index contributed by atoms with van der Waals surface area (Å²) in [6, 6.07) is 17.6. The summed E-state index contributed by atoms with van der Waals surface area (Å²) in [5.74, 6) is 1.66. The molecule has 0 radical (unpaired) electrons. The highest BCUT2D eigenvalue weighted by Crippen LogP contribution is 2.38. The molecule has 2 aromatic heterocycles. The number of ether oxygens (including phenoxy) is 1. The van der Waals surface area contributed by atoms with Crippen molar-refractivity contribution in [2.24, 2.45) is 5.92 Å². The topological polar surface area (TPSA) is 60.5 Å². The summed E-state index contributed by atoms with van der Waals surface area (Å²) in [7, 11) is 1.62. The molecule has 1 aliphatic rings. The van der Waals surface area contributed by atoms with Crippen molar-refractivity contribution in [1.29, 1.82) is 0 Å². The minimum Gasteiger partial charge on any atom is -0.493 e. The smallest absolute Gasteiger partial charge is 0.266 e. The first kappa shape index (κ1) is 26.3. The molecule has 0 bridgehead atoms. The van der Waals surface area contributed by atoms with Crippen molar-refractivity contribution < 1.29 is 13.9 Å². The second kappa shape index (κ2) is 11.6. The van der Waals surface area contributed by atoms with Crippen LogP contribution in [0.15, 0.2) is 70.1 Å². The van der Waals surface area contributed by atoms with Crippen molar-refractivity contribution in [1.82, 2.24) is 14.7 Å². The third kappa shape index (κ3) is 5.28. The fourth-order valence-corrected chi connectivity index (χ4v) is 5.95. The predicted octanol–water partition coefficient (Wildman–Crippen LogP) is 7.71. The zero-order valence-corrected chi connectivity index (χ0v) is 23.5. The highest BCUT2D eigenvalue weighted by molar-refractivity contribution is 8.26. The highest BCUT2D eigenvalue weighted by Gasteiger charge is 2.33. The van der Waals surface area contributed by atoms with E-state index in [-0.39, 0.29) is 5.91 Å². The number of methoxy groups -OCH3 is 1. The van der Waals surface area contributed by atoms with E-state index < -0.39 is 0 Å². The van der Waals surface area contributed by atoms with Crippen LogP contribution in [0.5, 0.6) is 5.75 Å². The third-order valence-corrected chi connectivity index (χ3v) is 8.25. The second-order valence-electron chi connectivity index (χ2n) is 9.41. The Morgan fingerprint density at radius 2 is 1.97 bits per heavy atom. The number of thioether (sulfide) groups is 1. The van der Waals surface area contributed by atoms with Crippen molar-refractivity contribution >= 4 is 51.3 Å². The van der Waals surface area contributed by atoms with Gasteiger partial charge in [0.1, 0.15) is 10.0 Å². The van der Waals surface area contributed by atoms with Crippen molar-refractivity contribution in [3.05, 3.63) is 71.3 Å². The molecule has 0 aliphatic carbocycles. The van der Waals surface area contributed by atoms with Crippen LogP contribution in [0.1, 0.15) is 45.1 Å². The van der Waals surface area contributed by atoms with Gasteiger partial charge in [0.15, 0.2) is 17.1 Å². The highest BCUT2D eigenvalue weighted by atomic mass is 32.2. The number of aromatic nitrogens is 2. The number of furan rings is 1. The molecule has 5 rings (SSSR count). The lowest BCUT2D eigenvalue weighted by Crippen LogP contribution is -2.33. The maximum Gasteiger partial charge on any atom is 0.266 e. The number of rotatable bonds is 10. The molecule has 0 saturated carbocycles. The quantitative estimate of drug-likeness (QED) is 0.150. The van der Waals surface area contributed by atoms with E-state index in [1.165, 1.54) is 11.8 Å². The van der Waals surface area contributed by atoms with Crippen LogP contribution in [0.4, 0.5) is 0 Å². The first-order valence-corrected chi connectivity index (χ1v) is 14.2. The van der Waals surface area contributed by atoms with Crippen molar-refractivity contribution in [2.75, 3.05) is 13.7 Å². The molecular formula is C30H31N3O3S2. The minimum atomic E-state index is -0.0420. The Labute approximate surface area is 232 Å². The van der Waals surface area contributed by atoms with Gasteiger partial charge >= 0.3 is 0 Å². The molecule has 8 heteroatoms. The van der Waals surface area contributed by atoms with Gasteiger partial charge in [-0.3, -0.25) is 9.69 Å². The van der Waals surface area contributed by atoms with Crippen LogP contribution < -0.4 is 4.74 Å². The molecule has 38 heavy (non-hydrogen) atoms. The Hall–Kier alpha value is -3.36. The zero-order valence-electron chi connectivity index (χ0n) is 21.8. The summed E-state index contributed by atoms with van der Waals surface area (Å²) in [5, 5.41) is 5.79. The van der Waals surface area contributed by atoms with E-state index in [0.29, 0.717) is 44.5 Å². The Morgan fingerprint density at radius 3 is 2.71 bits per heavy atom. The lowest BCUT2D eigenvalue weighted by molar-refractivity contribution is -0.122. The normalized spacial score (nSPS) is 15.7. The maximum atomic E-state index is 13.5. The van der Waals surface area contributed by atoms with Gasteiger partial charge in [-0.05, 0) is 42.7 Å². The van der Waals surface area contributed by atoms with Crippen LogP contribution in [0.25, 0.3) is 34.2 Å². The van der Waals surface area contributed by atoms with Crippen LogP contribution in [-0.2, 0) is 4.79 Å². The fraction of sp³-hybridized carbons (Fsp3) is 0.300. The molecule has 1 fully saturated rings. The second-order valence-corrected chi connectivity index (χ2v) is 11.1. The summed E-state index contributed by atoms with van der Waals surface area (Å²) in [6.07, 6.45) is 8.26. The van der Waals surface area contributed by atoms with Crippen molar-refractivity contribution in [2.45, 2.75) is 39.5 Å². The summed E-state index contributed by atoms with van der Waals surface area (Å²) in [5.41, 5.74) is 3.00. The van der Waals surface area contributed by atoms with E-state index in [2.05, 4.69) is 13.8 Å². The molecule has 1 atom stereocenters. The van der Waals surface area contributed by atoms with E-state index >= 15 is 0 Å². The molecule has 3 heterocycles. The van der Waals surface area contributed by atoms with Crippen molar-refractivity contribution in [3.63, 3.8) is 0 Å². The van der Waals surface area contributed by atoms with Crippen molar-refractivity contribution in [3.8, 4) is 22.9 Å². The molecule has 1 saturated heterocycles. The monoisotopic (exact) mass is 545 g/mol. The number of amides is 1. The minimum absolute atomic E-state index is 0.0420. The predicted molar refractivity (Wildman–Crippen MR) is 159 cm³/mol. The molecule has 2 aromatic carbocycles. The Kier molecular flexibility index (Phi) is 8.00. The SMILES string of the molecule is CCCCC(CC)CN1C(=O)/C(=C/c2cn(-c3ccccc3)nc2-c2cc3cccc(OC)c3o2)SC1=S. The summed E-state index contributed by atoms with van der Waals surface area (Å²) < 4.78 is 14.2. The fourth-order valence-electron chi connectivity index (χ4n) is 4.69. The van der Waals surface area contributed by atoms with Gasteiger partial charge in [0.05, 0.1) is 17.7 Å². The Balaban J connectivity index is 1.53. The summed E-state index contributed by atoms with van der Waals surface area (Å²) in [4.78, 5) is 15.8. The zero-order chi connectivity index (χ0) is 26.6. The Morgan fingerprint density at radius 1 is 1.16 bits per heavy atom. The van der Waals surface area contributed by atoms with Gasteiger partial charge in [-0.1, -0.05) is 87.4 Å². The average molecular weight is 546 g/mol. The van der Waals surface area contributed by atoms with Gasteiger partial charge in [0.2, 0.25) is 0 Å². The number of thiocarbonyl (C=S) groups is 1. The van der Waals surface area contributed by atoms with Gasteiger partial charge in [-0.25, -0.2) is 4.68 Å². The lowest BCUT2D eigenvalue weighted by Gasteiger charge is -2.21. The first-order valence-electron chi connectivity index (χ1n) is 13.0. The molecule has 4 aromatic rings. The largest absolute Gasteiger partial charge is 0.493 e. The van der Waals surface area contributed by atoms with E-state index in [1.54, 1.807) is 12.0 Å². The summed E-state index contributed by atoms with van der Waals surface area (Å²) in [6.45, 7) is 5.04.